The number of fused-ring (bicyclic) bond motifs is 1. The number of nitriles is 1. The van der Waals surface area contributed by atoms with Crippen molar-refractivity contribution in [2.24, 2.45) is 0 Å². The zero-order chi connectivity index (χ0) is 12.5. The van der Waals surface area contributed by atoms with E-state index in [0.717, 1.165) is 16.5 Å². The van der Waals surface area contributed by atoms with Gasteiger partial charge in [-0.1, -0.05) is 18.2 Å². The monoisotopic (exact) mass is 236 g/mol. The maximum absolute atomic E-state index is 9.44. The molecule has 18 heavy (non-hydrogen) atoms. The number of pyridine rings is 1. The molecule has 0 aliphatic carbocycles. The van der Waals surface area contributed by atoms with E-state index in [1.165, 1.54) is 6.20 Å². The van der Waals surface area contributed by atoms with Crippen molar-refractivity contribution in [3.8, 4) is 23.1 Å². The molecule has 0 saturated carbocycles. The van der Waals surface area contributed by atoms with E-state index in [9.17, 15) is 5.11 Å². The van der Waals surface area contributed by atoms with E-state index in [1.807, 2.05) is 30.3 Å². The molecular formula is C14H8N2O2. The van der Waals surface area contributed by atoms with Gasteiger partial charge in [0, 0.05) is 10.9 Å². The van der Waals surface area contributed by atoms with Crippen LogP contribution in [0.2, 0.25) is 0 Å². The Bertz CT molecular complexity index is 769. The summed E-state index contributed by atoms with van der Waals surface area (Å²) in [6, 6.07) is 11.1. The highest BCUT2D eigenvalue weighted by atomic mass is 16.3. The largest absolute Gasteiger partial charge is 0.505 e. The highest BCUT2D eigenvalue weighted by molar-refractivity contribution is 5.93. The Labute approximate surface area is 103 Å². The summed E-state index contributed by atoms with van der Waals surface area (Å²) in [5, 5.41) is 19.3. The third-order valence-corrected chi connectivity index (χ3v) is 2.76. The molecule has 4 nitrogen and oxygen atoms in total. The lowest BCUT2D eigenvalue weighted by molar-refractivity contribution is 0.471. The summed E-state index contributed by atoms with van der Waals surface area (Å²) in [7, 11) is 0. The van der Waals surface area contributed by atoms with Crippen LogP contribution in [-0.4, -0.2) is 10.1 Å². The number of benzene rings is 1. The predicted molar refractivity (Wildman–Crippen MR) is 65.8 cm³/mol. The van der Waals surface area contributed by atoms with Crippen molar-refractivity contribution in [3.63, 3.8) is 0 Å². The summed E-state index contributed by atoms with van der Waals surface area (Å²) < 4.78 is 5.42. The standard InChI is InChI=1S/C14H8N2O2/c15-6-9-5-12(16-7-13(9)17)11-8-18-14-4-2-1-3-10(11)14/h1-5,7-8,17H. The Morgan fingerprint density at radius 2 is 2.11 bits per heavy atom. The summed E-state index contributed by atoms with van der Waals surface area (Å²) in [6.07, 6.45) is 2.88. The summed E-state index contributed by atoms with van der Waals surface area (Å²) in [5.74, 6) is -0.117. The van der Waals surface area contributed by atoms with Crippen LogP contribution in [0.5, 0.6) is 5.75 Å². The second-order valence-electron chi connectivity index (χ2n) is 3.84. The molecule has 3 rings (SSSR count). The minimum absolute atomic E-state index is 0.117. The summed E-state index contributed by atoms with van der Waals surface area (Å²) in [5.41, 5.74) is 2.38. The summed E-state index contributed by atoms with van der Waals surface area (Å²) >= 11 is 0. The maximum atomic E-state index is 9.44. The second kappa shape index (κ2) is 3.90. The Morgan fingerprint density at radius 3 is 2.94 bits per heavy atom. The van der Waals surface area contributed by atoms with Gasteiger partial charge in [-0.3, -0.25) is 4.98 Å². The molecule has 0 amide bonds. The van der Waals surface area contributed by atoms with E-state index >= 15 is 0 Å². The Hall–Kier alpha value is -2.80. The van der Waals surface area contributed by atoms with Crippen LogP contribution < -0.4 is 0 Å². The quantitative estimate of drug-likeness (QED) is 0.704. The third-order valence-electron chi connectivity index (χ3n) is 2.76. The number of para-hydroxylation sites is 1. The molecule has 4 heteroatoms. The second-order valence-corrected chi connectivity index (χ2v) is 3.84. The molecule has 1 N–H and O–H groups in total. The average molecular weight is 236 g/mol. The molecule has 0 atom stereocenters. The van der Waals surface area contributed by atoms with Crippen LogP contribution in [0.3, 0.4) is 0 Å². The number of hydrogen-bond acceptors (Lipinski definition) is 4. The molecule has 2 heterocycles. The molecule has 0 saturated heterocycles. The molecule has 86 valence electrons. The van der Waals surface area contributed by atoms with Crippen molar-refractivity contribution in [3.05, 3.63) is 48.4 Å². The van der Waals surface area contributed by atoms with E-state index in [0.29, 0.717) is 5.69 Å². The zero-order valence-corrected chi connectivity index (χ0v) is 9.29. The Balaban J connectivity index is 2.24. The first-order chi connectivity index (χ1) is 8.79. The zero-order valence-electron chi connectivity index (χ0n) is 9.29. The van der Waals surface area contributed by atoms with Crippen LogP contribution in [0, 0.1) is 11.3 Å². The van der Waals surface area contributed by atoms with Gasteiger partial charge in [0.2, 0.25) is 0 Å². The number of hydrogen-bond donors (Lipinski definition) is 1. The summed E-state index contributed by atoms with van der Waals surface area (Å²) in [6.45, 7) is 0. The van der Waals surface area contributed by atoms with Gasteiger partial charge in [-0.2, -0.15) is 5.26 Å². The number of rotatable bonds is 1. The van der Waals surface area contributed by atoms with Crippen LogP contribution in [0.4, 0.5) is 0 Å². The van der Waals surface area contributed by atoms with E-state index in [-0.39, 0.29) is 11.3 Å². The minimum atomic E-state index is -0.117. The van der Waals surface area contributed by atoms with Crippen LogP contribution in [0.15, 0.2) is 47.2 Å². The SMILES string of the molecule is N#Cc1cc(-c2coc3ccccc23)ncc1O. The topological polar surface area (TPSA) is 70.0 Å². The predicted octanol–water partition coefficient (Wildman–Crippen LogP) is 3.07. The van der Waals surface area contributed by atoms with Gasteiger partial charge >= 0.3 is 0 Å². The van der Waals surface area contributed by atoms with Crippen LogP contribution >= 0.6 is 0 Å². The number of aromatic hydroxyl groups is 1. The highest BCUT2D eigenvalue weighted by Crippen LogP contribution is 2.30. The van der Waals surface area contributed by atoms with Crippen molar-refractivity contribution < 1.29 is 9.52 Å². The fraction of sp³-hybridized carbons (Fsp3) is 0. The fourth-order valence-corrected chi connectivity index (χ4v) is 1.86. The van der Waals surface area contributed by atoms with Crippen molar-refractivity contribution in [2.45, 2.75) is 0 Å². The first-order valence-corrected chi connectivity index (χ1v) is 5.35. The maximum Gasteiger partial charge on any atom is 0.151 e. The van der Waals surface area contributed by atoms with Gasteiger partial charge in [-0.05, 0) is 12.1 Å². The molecule has 0 spiro atoms. The lowest BCUT2D eigenvalue weighted by Crippen LogP contribution is -1.85. The van der Waals surface area contributed by atoms with Crippen LogP contribution in [0.1, 0.15) is 5.56 Å². The smallest absolute Gasteiger partial charge is 0.151 e. The molecule has 1 aromatic carbocycles. The number of aromatic nitrogens is 1. The molecule has 0 aliphatic rings. The van der Waals surface area contributed by atoms with Gasteiger partial charge in [-0.25, -0.2) is 0 Å². The van der Waals surface area contributed by atoms with Gasteiger partial charge in [0.25, 0.3) is 0 Å². The molecule has 3 aromatic rings. The fourth-order valence-electron chi connectivity index (χ4n) is 1.86. The molecular weight excluding hydrogens is 228 g/mol. The molecule has 0 fully saturated rings. The van der Waals surface area contributed by atoms with E-state index in [4.69, 9.17) is 9.68 Å². The van der Waals surface area contributed by atoms with Gasteiger partial charge < -0.3 is 9.52 Å². The number of nitrogens with zero attached hydrogens (tertiary/aromatic N) is 2. The van der Waals surface area contributed by atoms with Gasteiger partial charge in [0.05, 0.1) is 17.5 Å². The van der Waals surface area contributed by atoms with Gasteiger partial charge in [0.15, 0.2) is 5.75 Å². The van der Waals surface area contributed by atoms with E-state index in [1.54, 1.807) is 12.3 Å². The van der Waals surface area contributed by atoms with Crippen molar-refractivity contribution in [1.82, 2.24) is 4.98 Å². The molecule has 0 radical (unpaired) electrons. The van der Waals surface area contributed by atoms with Crippen LogP contribution in [-0.2, 0) is 0 Å². The minimum Gasteiger partial charge on any atom is -0.505 e. The first-order valence-electron chi connectivity index (χ1n) is 5.35. The average Bonchev–Trinajstić information content (AvgIpc) is 2.83. The molecule has 0 bridgehead atoms. The van der Waals surface area contributed by atoms with Crippen molar-refractivity contribution in [1.29, 1.82) is 5.26 Å². The lowest BCUT2D eigenvalue weighted by atomic mass is 10.1. The normalized spacial score (nSPS) is 10.4. The Morgan fingerprint density at radius 1 is 1.28 bits per heavy atom. The third kappa shape index (κ3) is 1.50. The van der Waals surface area contributed by atoms with E-state index in [2.05, 4.69) is 4.98 Å². The van der Waals surface area contributed by atoms with Gasteiger partial charge in [-0.15, -0.1) is 0 Å². The lowest BCUT2D eigenvalue weighted by Gasteiger charge is -2.00. The van der Waals surface area contributed by atoms with Crippen molar-refractivity contribution in [2.75, 3.05) is 0 Å². The molecule has 0 unspecified atom stereocenters. The molecule has 2 aromatic heterocycles. The van der Waals surface area contributed by atoms with Crippen molar-refractivity contribution >= 4 is 11.0 Å². The Kier molecular flexibility index (Phi) is 2.24. The first kappa shape index (κ1) is 10.4. The summed E-state index contributed by atoms with van der Waals surface area (Å²) in [4.78, 5) is 4.12. The highest BCUT2D eigenvalue weighted by Gasteiger charge is 2.11. The van der Waals surface area contributed by atoms with Crippen LogP contribution in [0.25, 0.3) is 22.2 Å². The number of furan rings is 1. The van der Waals surface area contributed by atoms with Gasteiger partial charge in [0.1, 0.15) is 17.9 Å². The molecule has 0 aliphatic heterocycles. The van der Waals surface area contributed by atoms with E-state index < -0.39 is 0 Å².